The zero-order chi connectivity index (χ0) is 19.4. The molecule has 2 N–H and O–H groups in total. The third-order valence-electron chi connectivity index (χ3n) is 5.42. The van der Waals surface area contributed by atoms with Gasteiger partial charge in [-0.2, -0.15) is 0 Å². The minimum Gasteiger partial charge on any atom is -0.487 e. The summed E-state index contributed by atoms with van der Waals surface area (Å²) < 4.78 is 6.48. The van der Waals surface area contributed by atoms with Gasteiger partial charge in [-0.1, -0.05) is 32.0 Å². The highest BCUT2D eigenvalue weighted by Crippen LogP contribution is 2.44. The third kappa shape index (κ3) is 5.01. The molecule has 0 aromatic heterocycles. The quantitative estimate of drug-likeness (QED) is 0.831. The van der Waals surface area contributed by atoms with E-state index in [2.05, 4.69) is 29.4 Å². The van der Waals surface area contributed by atoms with Crippen molar-refractivity contribution in [2.75, 3.05) is 26.2 Å². The van der Waals surface area contributed by atoms with Crippen LogP contribution in [0, 0.1) is 5.92 Å². The van der Waals surface area contributed by atoms with Crippen LogP contribution in [0.15, 0.2) is 24.3 Å². The molecule has 0 saturated carbocycles. The van der Waals surface area contributed by atoms with Crippen molar-refractivity contribution in [1.82, 2.24) is 15.5 Å². The van der Waals surface area contributed by atoms with E-state index in [0.29, 0.717) is 5.92 Å². The number of ether oxygens (including phenoxy) is 1. The number of benzene rings is 1. The smallest absolute Gasteiger partial charge is 0.239 e. The summed E-state index contributed by atoms with van der Waals surface area (Å²) >= 11 is 0. The van der Waals surface area contributed by atoms with Crippen molar-refractivity contribution < 1.29 is 14.3 Å². The van der Waals surface area contributed by atoms with Gasteiger partial charge in [-0.15, -0.1) is 0 Å². The number of para-hydroxylation sites is 1. The van der Waals surface area contributed by atoms with Gasteiger partial charge >= 0.3 is 0 Å². The topological polar surface area (TPSA) is 70.7 Å². The molecular formula is C21H31N3O3. The number of piperidine rings is 1. The largest absolute Gasteiger partial charge is 0.487 e. The van der Waals surface area contributed by atoms with Gasteiger partial charge in [0, 0.05) is 38.5 Å². The second kappa shape index (κ2) is 8.30. The predicted molar refractivity (Wildman–Crippen MR) is 104 cm³/mol. The molecule has 1 aromatic carbocycles. The van der Waals surface area contributed by atoms with Gasteiger partial charge in [0.2, 0.25) is 11.8 Å². The van der Waals surface area contributed by atoms with Crippen molar-refractivity contribution in [1.29, 1.82) is 0 Å². The van der Waals surface area contributed by atoms with E-state index in [4.69, 9.17) is 4.74 Å². The van der Waals surface area contributed by atoms with Gasteiger partial charge in [-0.05, 0) is 24.8 Å². The number of likely N-dealkylation sites (tertiary alicyclic amines) is 1. The van der Waals surface area contributed by atoms with Gasteiger partial charge in [-0.3, -0.25) is 9.59 Å². The van der Waals surface area contributed by atoms with Crippen LogP contribution in [0.1, 0.15) is 51.6 Å². The van der Waals surface area contributed by atoms with Crippen LogP contribution in [0.3, 0.4) is 0 Å². The molecule has 2 amide bonds. The highest BCUT2D eigenvalue weighted by atomic mass is 16.5. The predicted octanol–water partition coefficient (Wildman–Crippen LogP) is 2.25. The minimum absolute atomic E-state index is 0.00399. The summed E-state index contributed by atoms with van der Waals surface area (Å²) in [7, 11) is 0. The molecule has 27 heavy (non-hydrogen) atoms. The molecule has 0 aliphatic carbocycles. The maximum Gasteiger partial charge on any atom is 0.239 e. The lowest BCUT2D eigenvalue weighted by Crippen LogP contribution is -2.53. The Labute approximate surface area is 161 Å². The van der Waals surface area contributed by atoms with Crippen molar-refractivity contribution in [3.63, 3.8) is 0 Å². The first-order chi connectivity index (χ1) is 12.9. The average molecular weight is 373 g/mol. The van der Waals surface area contributed by atoms with Crippen LogP contribution in [-0.4, -0.2) is 48.5 Å². The van der Waals surface area contributed by atoms with Crippen molar-refractivity contribution in [2.24, 2.45) is 5.92 Å². The Morgan fingerprint density at radius 1 is 1.26 bits per heavy atom. The number of fused-ring (bicyclic) bond motifs is 1. The summed E-state index contributed by atoms with van der Waals surface area (Å²) in [5, 5.41) is 5.66. The van der Waals surface area contributed by atoms with Crippen LogP contribution in [0.4, 0.5) is 0 Å². The monoisotopic (exact) mass is 373 g/mol. The molecule has 0 bridgehead atoms. The molecule has 1 saturated heterocycles. The molecule has 0 radical (unpaired) electrons. The Morgan fingerprint density at radius 2 is 1.96 bits per heavy atom. The van der Waals surface area contributed by atoms with E-state index in [9.17, 15) is 9.59 Å². The van der Waals surface area contributed by atoms with E-state index in [1.54, 1.807) is 0 Å². The van der Waals surface area contributed by atoms with Crippen LogP contribution in [0.2, 0.25) is 0 Å². The lowest BCUT2D eigenvalue weighted by molar-refractivity contribution is -0.126. The van der Waals surface area contributed by atoms with Crippen LogP contribution >= 0.6 is 0 Å². The van der Waals surface area contributed by atoms with E-state index in [0.717, 1.165) is 50.2 Å². The number of carbonyl (C=O) groups excluding carboxylic acids is 2. The summed E-state index contributed by atoms with van der Waals surface area (Å²) in [6, 6.07) is 7.86. The number of amides is 2. The first kappa shape index (κ1) is 19.7. The second-order valence-corrected chi connectivity index (χ2v) is 8.25. The Kier molecular flexibility index (Phi) is 6.05. The normalized spacial score (nSPS) is 21.4. The lowest BCUT2D eigenvalue weighted by Gasteiger charge is -2.47. The summed E-state index contributed by atoms with van der Waals surface area (Å²) in [6.07, 6.45) is 2.70. The molecule has 0 unspecified atom stereocenters. The van der Waals surface area contributed by atoms with E-state index in [1.165, 1.54) is 6.92 Å². The van der Waals surface area contributed by atoms with E-state index in [-0.39, 0.29) is 30.0 Å². The Hall–Kier alpha value is -2.08. The second-order valence-electron chi connectivity index (χ2n) is 8.25. The fraction of sp³-hybridized carbons (Fsp3) is 0.619. The molecule has 6 nitrogen and oxygen atoms in total. The van der Waals surface area contributed by atoms with Crippen LogP contribution in [0.25, 0.3) is 0 Å². The van der Waals surface area contributed by atoms with Gasteiger partial charge in [-0.25, -0.2) is 0 Å². The molecule has 3 rings (SSSR count). The Morgan fingerprint density at radius 3 is 2.63 bits per heavy atom. The zero-order valence-electron chi connectivity index (χ0n) is 16.6. The summed E-state index contributed by atoms with van der Waals surface area (Å²) in [6.45, 7) is 9.07. The lowest BCUT2D eigenvalue weighted by atomic mass is 9.80. The van der Waals surface area contributed by atoms with Gasteiger partial charge in [0.05, 0.1) is 12.6 Å². The Balaban J connectivity index is 1.71. The van der Waals surface area contributed by atoms with E-state index < -0.39 is 0 Å². The van der Waals surface area contributed by atoms with Crippen molar-refractivity contribution in [2.45, 2.75) is 51.7 Å². The maximum atomic E-state index is 12.3. The van der Waals surface area contributed by atoms with Crippen LogP contribution in [-0.2, 0) is 9.59 Å². The maximum absolute atomic E-state index is 12.3. The molecule has 1 spiro atoms. The van der Waals surface area contributed by atoms with Crippen LogP contribution in [0.5, 0.6) is 5.75 Å². The fourth-order valence-corrected chi connectivity index (χ4v) is 4.16. The first-order valence-electron chi connectivity index (χ1n) is 9.91. The van der Waals surface area contributed by atoms with Gasteiger partial charge in [0.15, 0.2) is 0 Å². The number of rotatable bonds is 5. The molecule has 1 atom stereocenters. The standard InChI is InChI=1S/C21H31N3O3/c1-15(2)14-24-10-8-21(9-11-24)12-18(23-20(26)13-22-16(3)25)17-6-4-5-7-19(17)27-21/h4-7,15,18H,8-14H2,1-3H3,(H,22,25)(H,23,26)/t18-/m1/s1. The summed E-state index contributed by atoms with van der Waals surface area (Å²) in [5.74, 6) is 1.16. The number of carbonyl (C=O) groups is 2. The zero-order valence-corrected chi connectivity index (χ0v) is 16.6. The Bertz CT molecular complexity index is 681. The number of nitrogens with one attached hydrogen (secondary N) is 2. The molecule has 2 heterocycles. The third-order valence-corrected chi connectivity index (χ3v) is 5.42. The minimum atomic E-state index is -0.228. The number of nitrogens with zero attached hydrogens (tertiary/aromatic N) is 1. The first-order valence-corrected chi connectivity index (χ1v) is 9.91. The van der Waals surface area contributed by atoms with Gasteiger partial charge in [0.1, 0.15) is 11.4 Å². The molecule has 1 aromatic rings. The van der Waals surface area contributed by atoms with Crippen molar-refractivity contribution >= 4 is 11.8 Å². The molecule has 2 aliphatic rings. The highest BCUT2D eigenvalue weighted by Gasteiger charge is 2.43. The van der Waals surface area contributed by atoms with Gasteiger partial charge in [0.25, 0.3) is 0 Å². The van der Waals surface area contributed by atoms with Crippen molar-refractivity contribution in [3.8, 4) is 5.75 Å². The summed E-state index contributed by atoms with van der Waals surface area (Å²) in [4.78, 5) is 25.9. The highest BCUT2D eigenvalue weighted by molar-refractivity contribution is 5.83. The molecule has 2 aliphatic heterocycles. The number of hydrogen-bond donors (Lipinski definition) is 2. The molecule has 148 valence electrons. The fourth-order valence-electron chi connectivity index (χ4n) is 4.16. The molecule has 1 fully saturated rings. The average Bonchev–Trinajstić information content (AvgIpc) is 2.62. The molecule has 6 heteroatoms. The number of hydrogen-bond acceptors (Lipinski definition) is 4. The van der Waals surface area contributed by atoms with Gasteiger partial charge < -0.3 is 20.3 Å². The summed E-state index contributed by atoms with van der Waals surface area (Å²) in [5.41, 5.74) is 0.789. The van der Waals surface area contributed by atoms with E-state index in [1.807, 2.05) is 24.3 Å². The van der Waals surface area contributed by atoms with Crippen LogP contribution < -0.4 is 15.4 Å². The molecular weight excluding hydrogens is 342 g/mol. The van der Waals surface area contributed by atoms with E-state index >= 15 is 0 Å². The SMILES string of the molecule is CC(=O)NCC(=O)N[C@@H]1CC2(CCN(CC(C)C)CC2)Oc2ccccc21. The van der Waals surface area contributed by atoms with Crippen molar-refractivity contribution in [3.05, 3.63) is 29.8 Å².